The van der Waals surface area contributed by atoms with Crippen LogP contribution in [0.2, 0.25) is 0 Å². The van der Waals surface area contributed by atoms with Crippen molar-refractivity contribution in [2.24, 2.45) is 5.10 Å². The van der Waals surface area contributed by atoms with Crippen LogP contribution in [0.15, 0.2) is 29.4 Å². The van der Waals surface area contributed by atoms with Gasteiger partial charge in [-0.1, -0.05) is 56.6 Å². The van der Waals surface area contributed by atoms with E-state index in [1.807, 2.05) is 12.1 Å². The van der Waals surface area contributed by atoms with E-state index in [-0.39, 0.29) is 5.41 Å². The predicted molar refractivity (Wildman–Crippen MR) is 83.9 cm³/mol. The van der Waals surface area contributed by atoms with E-state index in [9.17, 15) is 9.59 Å². The highest BCUT2D eigenvalue weighted by Crippen LogP contribution is 2.31. The summed E-state index contributed by atoms with van der Waals surface area (Å²) in [5.74, 6) is -0.938. The van der Waals surface area contributed by atoms with Crippen LogP contribution in [0.5, 0.6) is 0 Å². The molecule has 0 saturated carbocycles. The molecule has 0 bridgehead atoms. The first-order chi connectivity index (χ1) is 9.58. The Balaban J connectivity index is 2.37. The number of benzene rings is 1. The molecule has 2 rings (SSSR count). The number of ketones is 1. The molecule has 1 amide bonds. The smallest absolute Gasteiger partial charge is 0.277 e. The number of rotatable bonds is 2. The maximum atomic E-state index is 12.6. The van der Waals surface area contributed by atoms with Crippen molar-refractivity contribution >= 4 is 29.0 Å². The molecule has 0 saturated heterocycles. The van der Waals surface area contributed by atoms with E-state index in [4.69, 9.17) is 11.6 Å². The van der Waals surface area contributed by atoms with Crippen molar-refractivity contribution < 1.29 is 9.59 Å². The molecule has 0 radical (unpaired) electrons. The van der Waals surface area contributed by atoms with Crippen LogP contribution in [0, 0.1) is 0 Å². The second-order valence-electron chi connectivity index (χ2n) is 6.33. The standard InChI is InChI=1S/C16H19ClN2O2/c1-10-16(17,14(21)19(5)18-10)13(20)11-6-8-12(9-7-11)15(2,3)4/h6-9H,1-5H3. The molecular weight excluding hydrogens is 288 g/mol. The summed E-state index contributed by atoms with van der Waals surface area (Å²) in [5.41, 5.74) is 1.83. The van der Waals surface area contributed by atoms with Crippen molar-refractivity contribution in [2.45, 2.75) is 38.0 Å². The van der Waals surface area contributed by atoms with Crippen LogP contribution in [-0.2, 0) is 10.2 Å². The average Bonchev–Trinajstić information content (AvgIpc) is 2.62. The van der Waals surface area contributed by atoms with Gasteiger partial charge in [-0.15, -0.1) is 0 Å². The first-order valence-corrected chi connectivity index (χ1v) is 7.14. The van der Waals surface area contributed by atoms with Gasteiger partial charge in [-0.3, -0.25) is 9.59 Å². The topological polar surface area (TPSA) is 49.7 Å². The first-order valence-electron chi connectivity index (χ1n) is 6.76. The molecular formula is C16H19ClN2O2. The molecule has 1 heterocycles. The van der Waals surface area contributed by atoms with Gasteiger partial charge in [0.2, 0.25) is 4.87 Å². The molecule has 0 spiro atoms. The lowest BCUT2D eigenvalue weighted by molar-refractivity contribution is -0.128. The molecule has 0 N–H and O–H groups in total. The van der Waals surface area contributed by atoms with Gasteiger partial charge in [0.25, 0.3) is 5.91 Å². The van der Waals surface area contributed by atoms with Gasteiger partial charge in [-0.2, -0.15) is 5.10 Å². The minimum Gasteiger partial charge on any atom is -0.291 e. The molecule has 1 aromatic carbocycles. The molecule has 0 aliphatic carbocycles. The molecule has 112 valence electrons. The second-order valence-corrected chi connectivity index (χ2v) is 6.90. The van der Waals surface area contributed by atoms with Gasteiger partial charge >= 0.3 is 0 Å². The zero-order chi connectivity index (χ0) is 16.0. The molecule has 1 unspecified atom stereocenters. The van der Waals surface area contributed by atoms with Crippen molar-refractivity contribution in [1.29, 1.82) is 0 Å². The summed E-state index contributed by atoms with van der Waals surface area (Å²) in [6.45, 7) is 7.88. The molecule has 1 aliphatic heterocycles. The third kappa shape index (κ3) is 2.48. The number of amides is 1. The van der Waals surface area contributed by atoms with E-state index in [1.54, 1.807) is 19.1 Å². The number of hydrogen-bond acceptors (Lipinski definition) is 3. The van der Waals surface area contributed by atoms with Crippen LogP contribution in [0.4, 0.5) is 0 Å². The van der Waals surface area contributed by atoms with Crippen molar-refractivity contribution in [3.63, 3.8) is 0 Å². The van der Waals surface area contributed by atoms with Crippen molar-refractivity contribution in [1.82, 2.24) is 5.01 Å². The molecule has 1 aliphatic rings. The average molecular weight is 307 g/mol. The fourth-order valence-corrected chi connectivity index (χ4v) is 2.57. The van der Waals surface area contributed by atoms with Gasteiger partial charge in [-0.05, 0) is 17.9 Å². The summed E-state index contributed by atoms with van der Waals surface area (Å²) >= 11 is 6.31. The Morgan fingerprint density at radius 2 is 1.76 bits per heavy atom. The molecule has 21 heavy (non-hydrogen) atoms. The number of carbonyl (C=O) groups is 2. The summed E-state index contributed by atoms with van der Waals surface area (Å²) in [4.78, 5) is 23.1. The summed E-state index contributed by atoms with van der Waals surface area (Å²) in [6.07, 6.45) is 0. The van der Waals surface area contributed by atoms with Gasteiger partial charge in [-0.25, -0.2) is 5.01 Å². The third-order valence-electron chi connectivity index (χ3n) is 3.71. The molecule has 1 atom stereocenters. The van der Waals surface area contributed by atoms with Crippen molar-refractivity contribution in [3.8, 4) is 0 Å². The van der Waals surface area contributed by atoms with Crippen LogP contribution < -0.4 is 0 Å². The Morgan fingerprint density at radius 1 is 1.24 bits per heavy atom. The second kappa shape index (κ2) is 4.95. The zero-order valence-corrected chi connectivity index (χ0v) is 13.7. The number of alkyl halides is 1. The van der Waals surface area contributed by atoms with E-state index in [0.717, 1.165) is 10.6 Å². The van der Waals surface area contributed by atoms with Crippen molar-refractivity contribution in [3.05, 3.63) is 35.4 Å². The Bertz CT molecular complexity index is 629. The number of hydrogen-bond donors (Lipinski definition) is 0. The van der Waals surface area contributed by atoms with Gasteiger partial charge in [0.05, 0.1) is 5.71 Å². The van der Waals surface area contributed by atoms with Gasteiger partial charge in [0, 0.05) is 12.6 Å². The number of Topliss-reactive ketones (excluding diaryl/α,β-unsaturated/α-hetero) is 1. The quantitative estimate of drug-likeness (QED) is 0.479. The normalized spacial score (nSPS) is 22.5. The monoisotopic (exact) mass is 306 g/mol. The minimum atomic E-state index is -1.71. The fourth-order valence-electron chi connectivity index (χ4n) is 2.30. The third-order valence-corrected chi connectivity index (χ3v) is 4.32. The van der Waals surface area contributed by atoms with E-state index in [0.29, 0.717) is 11.3 Å². The highest BCUT2D eigenvalue weighted by molar-refractivity contribution is 6.60. The molecule has 4 nitrogen and oxygen atoms in total. The van der Waals surface area contributed by atoms with Crippen molar-refractivity contribution in [2.75, 3.05) is 7.05 Å². The van der Waals surface area contributed by atoms with E-state index in [2.05, 4.69) is 25.9 Å². The number of carbonyl (C=O) groups excluding carboxylic acids is 2. The van der Waals surface area contributed by atoms with E-state index < -0.39 is 16.6 Å². The molecule has 1 aromatic rings. The maximum Gasteiger partial charge on any atom is 0.277 e. The summed E-state index contributed by atoms with van der Waals surface area (Å²) in [7, 11) is 1.49. The Morgan fingerprint density at radius 3 is 2.14 bits per heavy atom. The maximum absolute atomic E-state index is 12.6. The molecule has 0 aromatic heterocycles. The Labute approximate surface area is 129 Å². The number of nitrogens with zero attached hydrogens (tertiary/aromatic N) is 2. The number of halogens is 1. The SMILES string of the molecule is CC1=NN(C)C(=O)C1(Cl)C(=O)c1ccc(C(C)(C)C)cc1. The zero-order valence-electron chi connectivity index (χ0n) is 12.9. The first kappa shape index (κ1) is 15.7. The van der Waals surface area contributed by atoms with Crippen LogP contribution in [0.25, 0.3) is 0 Å². The van der Waals surface area contributed by atoms with Crippen LogP contribution in [0.1, 0.15) is 43.6 Å². The van der Waals surface area contributed by atoms with Crippen LogP contribution in [-0.4, -0.2) is 34.3 Å². The lowest BCUT2D eigenvalue weighted by Crippen LogP contribution is -2.46. The summed E-state index contributed by atoms with van der Waals surface area (Å²) < 4.78 is 0. The van der Waals surface area contributed by atoms with Crippen LogP contribution >= 0.6 is 11.6 Å². The highest BCUT2D eigenvalue weighted by atomic mass is 35.5. The van der Waals surface area contributed by atoms with Crippen LogP contribution in [0.3, 0.4) is 0 Å². The minimum absolute atomic E-state index is 0.000992. The Hall–Kier alpha value is -1.68. The fraction of sp³-hybridized carbons (Fsp3) is 0.438. The van der Waals surface area contributed by atoms with E-state index in [1.165, 1.54) is 7.05 Å². The molecule has 5 heteroatoms. The van der Waals surface area contributed by atoms with Gasteiger partial charge < -0.3 is 0 Å². The lowest BCUT2D eigenvalue weighted by atomic mass is 9.85. The van der Waals surface area contributed by atoms with E-state index >= 15 is 0 Å². The summed E-state index contributed by atoms with van der Waals surface area (Å²) in [6, 6.07) is 7.21. The van der Waals surface area contributed by atoms with Gasteiger partial charge in [0.15, 0.2) is 5.78 Å². The summed E-state index contributed by atoms with van der Waals surface area (Å²) in [5, 5.41) is 5.09. The molecule has 0 fully saturated rings. The Kier molecular flexibility index (Phi) is 3.70. The largest absolute Gasteiger partial charge is 0.291 e. The van der Waals surface area contributed by atoms with Gasteiger partial charge in [0.1, 0.15) is 0 Å². The predicted octanol–water partition coefficient (Wildman–Crippen LogP) is 2.99. The number of hydrazone groups is 1. The lowest BCUT2D eigenvalue weighted by Gasteiger charge is -2.21. The highest BCUT2D eigenvalue weighted by Gasteiger charge is 2.53.